The van der Waals surface area contributed by atoms with E-state index in [1.165, 1.54) is 0 Å². The first kappa shape index (κ1) is 17.0. The molecule has 122 valence electrons. The normalized spacial score (nSPS) is 20.4. The molecular formula is C17H21BClNO2S. The summed E-state index contributed by atoms with van der Waals surface area (Å²) in [5, 5.41) is 1.81. The largest absolute Gasteiger partial charge is 0.491 e. The van der Waals surface area contributed by atoms with Crippen molar-refractivity contribution in [3.63, 3.8) is 0 Å². The van der Waals surface area contributed by atoms with Crippen LogP contribution in [0, 0.1) is 0 Å². The van der Waals surface area contributed by atoms with Gasteiger partial charge in [-0.2, -0.15) is 12.6 Å². The number of nitrogens with one attached hydrogen (secondary N) is 1. The number of halogens is 1. The highest BCUT2D eigenvalue weighted by atomic mass is 35.5. The summed E-state index contributed by atoms with van der Waals surface area (Å²) in [5.41, 5.74) is 2.19. The maximum Gasteiger partial charge on any atom is 0.491 e. The molecule has 1 aromatic heterocycles. The van der Waals surface area contributed by atoms with E-state index in [1.807, 2.05) is 52.1 Å². The second-order valence-electron chi connectivity index (χ2n) is 6.90. The second kappa shape index (κ2) is 5.89. The van der Waals surface area contributed by atoms with Crippen LogP contribution in [0.15, 0.2) is 29.9 Å². The average Bonchev–Trinajstić information content (AvgIpc) is 2.97. The lowest BCUT2D eigenvalue weighted by Crippen LogP contribution is -2.41. The first-order valence-electron chi connectivity index (χ1n) is 7.67. The maximum atomic E-state index is 6.41. The lowest BCUT2D eigenvalue weighted by Gasteiger charge is -2.32. The molecule has 1 aromatic carbocycles. The molecule has 1 N–H and O–H groups in total. The number of fused-ring (bicyclic) bond motifs is 1. The quantitative estimate of drug-likeness (QED) is 0.618. The standard InChI is InChI=1S/C17H21BClNO2S/c1-16(2)17(3,4)22-18(21-16)13(10-23)8-12-7-11-5-6-20-15(11)9-14(12)19/h5-9,20,23H,10H2,1-4H3. The van der Waals surface area contributed by atoms with Crippen LogP contribution >= 0.6 is 24.2 Å². The van der Waals surface area contributed by atoms with Crippen molar-refractivity contribution in [1.29, 1.82) is 0 Å². The molecule has 1 aliphatic heterocycles. The van der Waals surface area contributed by atoms with Gasteiger partial charge in [-0.1, -0.05) is 17.7 Å². The van der Waals surface area contributed by atoms with Gasteiger partial charge in [-0.15, -0.1) is 0 Å². The van der Waals surface area contributed by atoms with Crippen molar-refractivity contribution in [2.75, 3.05) is 5.75 Å². The zero-order chi connectivity index (χ0) is 16.8. The number of hydrogen-bond acceptors (Lipinski definition) is 3. The van der Waals surface area contributed by atoms with E-state index in [4.69, 9.17) is 20.9 Å². The first-order chi connectivity index (χ1) is 10.7. The van der Waals surface area contributed by atoms with Gasteiger partial charge in [0.15, 0.2) is 0 Å². The highest BCUT2D eigenvalue weighted by molar-refractivity contribution is 7.80. The first-order valence-corrected chi connectivity index (χ1v) is 8.68. The van der Waals surface area contributed by atoms with E-state index in [9.17, 15) is 0 Å². The molecule has 0 bridgehead atoms. The van der Waals surface area contributed by atoms with Crippen LogP contribution in [0.1, 0.15) is 33.3 Å². The van der Waals surface area contributed by atoms with Crippen molar-refractivity contribution in [3.05, 3.63) is 40.5 Å². The molecule has 0 radical (unpaired) electrons. The van der Waals surface area contributed by atoms with Crippen molar-refractivity contribution in [3.8, 4) is 0 Å². The van der Waals surface area contributed by atoms with Crippen molar-refractivity contribution < 1.29 is 9.31 Å². The van der Waals surface area contributed by atoms with E-state index in [-0.39, 0.29) is 11.2 Å². The van der Waals surface area contributed by atoms with Gasteiger partial charge in [0.25, 0.3) is 0 Å². The predicted molar refractivity (Wildman–Crippen MR) is 101 cm³/mol. The lowest BCUT2D eigenvalue weighted by molar-refractivity contribution is 0.00578. The lowest BCUT2D eigenvalue weighted by atomic mass is 9.78. The van der Waals surface area contributed by atoms with Crippen molar-refractivity contribution in [2.24, 2.45) is 0 Å². The zero-order valence-corrected chi connectivity index (χ0v) is 15.5. The highest BCUT2D eigenvalue weighted by Gasteiger charge is 2.52. The Hall–Kier alpha value is -0.875. The molecule has 3 rings (SSSR count). The molecule has 6 heteroatoms. The molecule has 2 heterocycles. The molecule has 0 saturated carbocycles. The van der Waals surface area contributed by atoms with E-state index in [2.05, 4.69) is 23.7 Å². The SMILES string of the molecule is CC1(C)OB(C(=Cc2cc3cc[nH]c3cc2Cl)CS)OC1(C)C. The Morgan fingerprint density at radius 3 is 2.52 bits per heavy atom. The van der Waals surface area contributed by atoms with Crippen molar-refractivity contribution in [2.45, 2.75) is 38.9 Å². The Bertz CT molecular complexity index is 753. The summed E-state index contributed by atoms with van der Waals surface area (Å²) in [6.45, 7) is 8.17. The van der Waals surface area contributed by atoms with Crippen LogP contribution in [0.3, 0.4) is 0 Å². The second-order valence-corrected chi connectivity index (χ2v) is 7.63. The van der Waals surface area contributed by atoms with Crippen LogP contribution in [0.4, 0.5) is 0 Å². The van der Waals surface area contributed by atoms with E-state index >= 15 is 0 Å². The van der Waals surface area contributed by atoms with Gasteiger partial charge in [0.05, 0.1) is 11.2 Å². The fourth-order valence-electron chi connectivity index (χ4n) is 2.58. The van der Waals surface area contributed by atoms with Gasteiger partial charge in [-0.05, 0) is 56.9 Å². The smallest absolute Gasteiger partial charge is 0.400 e. The molecule has 23 heavy (non-hydrogen) atoms. The molecule has 1 aliphatic rings. The Kier molecular flexibility index (Phi) is 4.34. The molecule has 1 saturated heterocycles. The van der Waals surface area contributed by atoms with Crippen molar-refractivity contribution in [1.82, 2.24) is 4.98 Å². The van der Waals surface area contributed by atoms with Crippen LogP contribution in [0.25, 0.3) is 17.0 Å². The van der Waals surface area contributed by atoms with Gasteiger partial charge in [-0.3, -0.25) is 0 Å². The van der Waals surface area contributed by atoms with Gasteiger partial charge < -0.3 is 14.3 Å². The summed E-state index contributed by atoms with van der Waals surface area (Å²) in [5.74, 6) is 0.540. The van der Waals surface area contributed by atoms with Crippen molar-refractivity contribution >= 4 is 48.3 Å². The molecule has 1 fully saturated rings. The highest BCUT2D eigenvalue weighted by Crippen LogP contribution is 2.39. The number of H-pyrrole nitrogens is 1. The minimum atomic E-state index is -0.407. The third-order valence-corrected chi connectivity index (χ3v) is 5.44. The third kappa shape index (κ3) is 3.08. The number of rotatable bonds is 3. The molecule has 3 nitrogen and oxygen atoms in total. The molecule has 0 atom stereocenters. The number of hydrogen-bond donors (Lipinski definition) is 2. The summed E-state index contributed by atoms with van der Waals surface area (Å²) in [4.78, 5) is 3.16. The topological polar surface area (TPSA) is 34.2 Å². The van der Waals surface area contributed by atoms with Gasteiger partial charge in [-0.25, -0.2) is 0 Å². The Morgan fingerprint density at radius 1 is 1.26 bits per heavy atom. The summed E-state index contributed by atoms with van der Waals surface area (Å²) in [7, 11) is -0.407. The van der Waals surface area contributed by atoms with E-state index < -0.39 is 7.12 Å². The summed E-state index contributed by atoms with van der Waals surface area (Å²) < 4.78 is 12.2. The number of aromatic nitrogens is 1. The van der Waals surface area contributed by atoms with Crippen LogP contribution in [-0.4, -0.2) is 29.1 Å². The van der Waals surface area contributed by atoms with Crippen LogP contribution in [0.5, 0.6) is 0 Å². The Morgan fingerprint density at radius 2 is 1.91 bits per heavy atom. The fourth-order valence-corrected chi connectivity index (χ4v) is 3.04. The molecule has 0 aliphatic carbocycles. The van der Waals surface area contributed by atoms with Crippen LogP contribution in [0.2, 0.25) is 5.02 Å². The third-order valence-electron chi connectivity index (χ3n) is 4.75. The maximum absolute atomic E-state index is 6.41. The number of aromatic amines is 1. The van der Waals surface area contributed by atoms with E-state index in [0.29, 0.717) is 10.8 Å². The Labute approximate surface area is 147 Å². The summed E-state index contributed by atoms with van der Waals surface area (Å²) >= 11 is 10.9. The Balaban J connectivity index is 1.97. The minimum Gasteiger partial charge on any atom is -0.400 e. The van der Waals surface area contributed by atoms with Crippen LogP contribution in [-0.2, 0) is 9.31 Å². The zero-order valence-electron chi connectivity index (χ0n) is 13.8. The van der Waals surface area contributed by atoms with Crippen LogP contribution < -0.4 is 0 Å². The number of thiol groups is 1. The molecular weight excluding hydrogens is 329 g/mol. The molecule has 0 spiro atoms. The summed E-state index contributed by atoms with van der Waals surface area (Å²) in [6.07, 6.45) is 3.92. The predicted octanol–water partition coefficient (Wildman–Crippen LogP) is 4.77. The fraction of sp³-hybridized carbons (Fsp3) is 0.412. The monoisotopic (exact) mass is 349 g/mol. The van der Waals surface area contributed by atoms with Gasteiger partial charge in [0.1, 0.15) is 0 Å². The molecule has 0 unspecified atom stereocenters. The van der Waals surface area contributed by atoms with Gasteiger partial charge >= 0.3 is 7.12 Å². The average molecular weight is 350 g/mol. The minimum absolute atomic E-state index is 0.367. The molecule has 0 amide bonds. The summed E-state index contributed by atoms with van der Waals surface area (Å²) in [6, 6.07) is 6.02. The number of benzene rings is 1. The van der Waals surface area contributed by atoms with Gasteiger partial charge in [0.2, 0.25) is 0 Å². The van der Waals surface area contributed by atoms with E-state index in [0.717, 1.165) is 21.9 Å². The molecule has 2 aromatic rings. The van der Waals surface area contributed by atoms with Gasteiger partial charge in [0, 0.05) is 27.9 Å². The van der Waals surface area contributed by atoms with E-state index in [1.54, 1.807) is 0 Å².